The van der Waals surface area contributed by atoms with Gasteiger partial charge in [0, 0.05) is 47.4 Å². The summed E-state index contributed by atoms with van der Waals surface area (Å²) in [6.07, 6.45) is 0.688. The molecule has 4 aliphatic rings. The van der Waals surface area contributed by atoms with Crippen LogP contribution in [0.1, 0.15) is 37.3 Å². The lowest BCUT2D eigenvalue weighted by molar-refractivity contribution is -0.150. The number of fused-ring (bicyclic) bond motifs is 2. The van der Waals surface area contributed by atoms with Crippen LogP contribution in [-0.4, -0.2) is 81.1 Å². The van der Waals surface area contributed by atoms with E-state index in [0.717, 1.165) is 30.6 Å². The summed E-state index contributed by atoms with van der Waals surface area (Å²) in [6, 6.07) is 12.6. The van der Waals surface area contributed by atoms with Crippen molar-refractivity contribution in [3.05, 3.63) is 58.6 Å². The van der Waals surface area contributed by atoms with Crippen molar-refractivity contribution in [2.45, 2.75) is 69.1 Å². The Balaban J connectivity index is 1.31. The van der Waals surface area contributed by atoms with Crippen LogP contribution in [0.4, 0.5) is 15.5 Å². The summed E-state index contributed by atoms with van der Waals surface area (Å²) in [4.78, 5) is 45.5. The smallest absolute Gasteiger partial charge is 0.264 e. The van der Waals surface area contributed by atoms with Crippen molar-refractivity contribution in [2.24, 2.45) is 5.92 Å². The van der Waals surface area contributed by atoms with Crippen LogP contribution >= 0.6 is 11.6 Å². The zero-order valence-corrected chi connectivity index (χ0v) is 27.1. The number of likely N-dealkylation sites (tertiary alicyclic amines) is 1. The van der Waals surface area contributed by atoms with Gasteiger partial charge in [-0.25, -0.2) is 0 Å². The van der Waals surface area contributed by atoms with Crippen LogP contribution in [0.15, 0.2) is 42.5 Å². The maximum atomic E-state index is 16.2. The van der Waals surface area contributed by atoms with Gasteiger partial charge in [-0.2, -0.15) is 0 Å². The van der Waals surface area contributed by atoms with E-state index in [1.54, 1.807) is 46.0 Å². The molecule has 5 atom stereocenters. The molecule has 9 nitrogen and oxygen atoms in total. The number of benzene rings is 2. The molecule has 0 bridgehead atoms. The molecule has 4 aliphatic heterocycles. The number of carbonyl (C=O) groups excluding carboxylic acids is 3. The highest BCUT2D eigenvalue weighted by atomic mass is 35.5. The number of piperazine rings is 1. The molecule has 0 radical (unpaired) electrons. The van der Waals surface area contributed by atoms with Gasteiger partial charge in [0.15, 0.2) is 5.60 Å². The Morgan fingerprint density at radius 2 is 1.93 bits per heavy atom. The molecule has 0 aromatic heterocycles. The molecule has 236 valence electrons. The van der Waals surface area contributed by atoms with Crippen LogP contribution in [0.5, 0.6) is 0 Å². The highest BCUT2D eigenvalue weighted by molar-refractivity contribution is 6.72. The quantitative estimate of drug-likeness (QED) is 0.350. The van der Waals surface area contributed by atoms with Gasteiger partial charge >= 0.3 is 0 Å². The van der Waals surface area contributed by atoms with Crippen molar-refractivity contribution >= 4 is 49.1 Å². The van der Waals surface area contributed by atoms with Crippen molar-refractivity contribution < 1.29 is 28.3 Å². The van der Waals surface area contributed by atoms with Crippen molar-refractivity contribution in [2.75, 3.05) is 42.6 Å². The van der Waals surface area contributed by atoms with Gasteiger partial charge in [-0.15, -0.1) is 0 Å². The third kappa shape index (κ3) is 5.26. The Hall–Kier alpha value is -2.83. The van der Waals surface area contributed by atoms with Gasteiger partial charge in [0.05, 0.1) is 44.0 Å². The van der Waals surface area contributed by atoms with Crippen LogP contribution in [-0.2, 0) is 31.3 Å². The topological polar surface area (TPSA) is 102 Å². The number of halogens is 2. The van der Waals surface area contributed by atoms with E-state index in [1.807, 2.05) is 31.2 Å². The molecule has 0 saturated carbocycles. The van der Waals surface area contributed by atoms with Gasteiger partial charge in [-0.05, 0) is 61.8 Å². The summed E-state index contributed by atoms with van der Waals surface area (Å²) < 4.78 is 22.9. The Labute approximate surface area is 263 Å². The molecule has 12 heteroatoms. The molecule has 6 rings (SSSR count). The summed E-state index contributed by atoms with van der Waals surface area (Å²) in [5.74, 6) is -1.01. The Morgan fingerprint density at radius 1 is 1.18 bits per heavy atom. The number of aliphatic hydroxyl groups excluding tert-OH is 1. The first-order valence-electron chi connectivity index (χ1n) is 15.4. The van der Waals surface area contributed by atoms with Crippen molar-refractivity contribution in [3.63, 3.8) is 0 Å². The highest BCUT2D eigenvalue weighted by Gasteiger charge is 2.67. The van der Waals surface area contributed by atoms with Gasteiger partial charge in [-0.1, -0.05) is 30.7 Å². The maximum absolute atomic E-state index is 16.2. The lowest BCUT2D eigenvalue weighted by Crippen LogP contribution is -2.48. The molecule has 0 aliphatic carbocycles. The fraction of sp³-hybridized carbons (Fsp3) is 0.531. The molecule has 2 aromatic rings. The molecule has 3 amide bonds. The maximum Gasteiger partial charge on any atom is 0.264 e. The lowest BCUT2D eigenvalue weighted by Gasteiger charge is -2.31. The van der Waals surface area contributed by atoms with E-state index in [0.29, 0.717) is 35.9 Å². The summed E-state index contributed by atoms with van der Waals surface area (Å²) in [5, 5.41) is 13.3. The van der Waals surface area contributed by atoms with E-state index < -0.39 is 31.6 Å². The second-order valence-corrected chi connectivity index (χ2v) is 17.2. The molecule has 3 fully saturated rings. The first-order valence-corrected chi connectivity index (χ1v) is 18.8. The summed E-state index contributed by atoms with van der Waals surface area (Å²) in [6.45, 7) is 7.38. The van der Waals surface area contributed by atoms with Crippen LogP contribution in [0.2, 0.25) is 23.7 Å². The van der Waals surface area contributed by atoms with Crippen molar-refractivity contribution in [1.29, 1.82) is 0 Å². The number of ether oxygens (including phenoxy) is 1. The molecule has 4 heterocycles. The standard InChI is InChI=1S/C32H40ClFN4O5Si/c1-20-30(44(2,3)34)27(16-28(40)36-13-4-5-24(36)19-39)43-32(20)25-15-22(33)8-11-26(25)38(31(32)42)18-21-6-9-23(10-7-21)37-14-12-35-17-29(37)41/h6-11,15,20,24,27,30,35,39H,4-5,12-14,16-19H2,1-3H3/t20-,24-,27+,30-,32+/m0/s1. The van der Waals surface area contributed by atoms with E-state index in [9.17, 15) is 19.5 Å². The summed E-state index contributed by atoms with van der Waals surface area (Å²) in [5.41, 5.74) is 0.806. The minimum Gasteiger partial charge on any atom is -0.394 e. The largest absolute Gasteiger partial charge is 0.394 e. The molecular formula is C32H40ClFN4O5Si. The average molecular weight is 643 g/mol. The van der Waals surface area contributed by atoms with E-state index >= 15 is 4.11 Å². The average Bonchev–Trinajstić information content (AvgIpc) is 3.64. The fourth-order valence-corrected chi connectivity index (χ4v) is 10.5. The third-order valence-corrected chi connectivity index (χ3v) is 12.6. The molecule has 0 unspecified atom stereocenters. The SMILES string of the molecule is C[C@H]1[C@H]([Si](C)(C)F)[C@@H](CC(=O)N2CCC[C@H]2CO)O[C@]12C(=O)N(Cc1ccc(N3CCNCC3=O)cc1)c1ccc(Cl)cc12. The molecule has 44 heavy (non-hydrogen) atoms. The van der Waals surface area contributed by atoms with Gasteiger partial charge in [0.1, 0.15) is 0 Å². The number of amides is 3. The third-order valence-electron chi connectivity index (χ3n) is 9.88. The van der Waals surface area contributed by atoms with Gasteiger partial charge in [-0.3, -0.25) is 14.4 Å². The zero-order valence-electron chi connectivity index (χ0n) is 25.4. The number of hydrogen-bond acceptors (Lipinski definition) is 6. The van der Waals surface area contributed by atoms with E-state index in [1.165, 1.54) is 0 Å². The number of carbonyl (C=O) groups is 3. The van der Waals surface area contributed by atoms with Crippen molar-refractivity contribution in [3.8, 4) is 0 Å². The normalized spacial score (nSPS) is 28.8. The summed E-state index contributed by atoms with van der Waals surface area (Å²) >= 11 is 6.48. The Morgan fingerprint density at radius 3 is 2.61 bits per heavy atom. The molecule has 3 saturated heterocycles. The monoisotopic (exact) mass is 642 g/mol. The minimum absolute atomic E-state index is 0.0115. The number of nitrogens with zero attached hydrogens (tertiary/aromatic N) is 3. The summed E-state index contributed by atoms with van der Waals surface area (Å²) in [7, 11) is -3.45. The lowest BCUT2D eigenvalue weighted by atomic mass is 9.82. The number of aliphatic hydroxyl groups is 1. The highest BCUT2D eigenvalue weighted by Crippen LogP contribution is 2.60. The second-order valence-electron chi connectivity index (χ2n) is 13.0. The number of anilines is 2. The number of nitrogens with one attached hydrogen (secondary N) is 1. The second kappa shape index (κ2) is 11.8. The van der Waals surface area contributed by atoms with Crippen molar-refractivity contribution in [1.82, 2.24) is 10.2 Å². The first kappa shape index (κ1) is 31.2. The van der Waals surface area contributed by atoms with Gasteiger partial charge < -0.3 is 34.0 Å². The molecule has 2 aromatic carbocycles. The molecule has 1 spiro atoms. The minimum atomic E-state index is -3.45. The first-order chi connectivity index (χ1) is 21.0. The Bertz CT molecular complexity index is 1460. The van der Waals surface area contributed by atoms with E-state index in [2.05, 4.69) is 5.32 Å². The molecular weight excluding hydrogens is 603 g/mol. The van der Waals surface area contributed by atoms with Crippen LogP contribution in [0, 0.1) is 5.92 Å². The predicted molar refractivity (Wildman–Crippen MR) is 169 cm³/mol. The number of hydrogen-bond donors (Lipinski definition) is 2. The Kier molecular flexibility index (Phi) is 8.38. The molecule has 2 N–H and O–H groups in total. The van der Waals surface area contributed by atoms with E-state index in [-0.39, 0.29) is 43.3 Å². The van der Waals surface area contributed by atoms with Crippen LogP contribution in [0.3, 0.4) is 0 Å². The van der Waals surface area contributed by atoms with Gasteiger partial charge in [0.2, 0.25) is 20.2 Å². The van der Waals surface area contributed by atoms with Crippen LogP contribution in [0.25, 0.3) is 0 Å². The van der Waals surface area contributed by atoms with Gasteiger partial charge in [0.25, 0.3) is 5.91 Å². The number of rotatable bonds is 7. The predicted octanol–water partition coefficient (Wildman–Crippen LogP) is 3.97. The zero-order chi connectivity index (χ0) is 31.4. The fourth-order valence-electron chi connectivity index (χ4n) is 7.86. The van der Waals surface area contributed by atoms with Crippen LogP contribution < -0.4 is 15.1 Å². The van der Waals surface area contributed by atoms with E-state index in [4.69, 9.17) is 16.3 Å².